The van der Waals surface area contributed by atoms with E-state index in [0.717, 1.165) is 31.7 Å². The van der Waals surface area contributed by atoms with Gasteiger partial charge in [0.05, 0.1) is 14.2 Å². The van der Waals surface area contributed by atoms with Gasteiger partial charge in [-0.05, 0) is 31.4 Å². The van der Waals surface area contributed by atoms with Gasteiger partial charge in [-0.25, -0.2) is 9.97 Å². The maximum atomic E-state index is 12.7. The Kier molecular flexibility index (Phi) is 5.33. The Morgan fingerprint density at radius 3 is 2.40 bits per heavy atom. The Balaban J connectivity index is 1.82. The summed E-state index contributed by atoms with van der Waals surface area (Å²) >= 11 is 0. The minimum atomic E-state index is -0.336. The summed E-state index contributed by atoms with van der Waals surface area (Å²) in [5.74, 6) is 1.84. The van der Waals surface area contributed by atoms with Crippen molar-refractivity contribution in [2.75, 3.05) is 37.5 Å². The third kappa shape index (κ3) is 3.81. The lowest BCUT2D eigenvalue weighted by molar-refractivity contribution is 0.102. The number of rotatable bonds is 5. The highest BCUT2D eigenvalue weighted by molar-refractivity contribution is 6.07. The van der Waals surface area contributed by atoms with E-state index >= 15 is 0 Å². The number of hydrogen-bond acceptors (Lipinski definition) is 6. The van der Waals surface area contributed by atoms with Gasteiger partial charge in [0.15, 0.2) is 0 Å². The van der Waals surface area contributed by atoms with Gasteiger partial charge in [0, 0.05) is 19.2 Å². The van der Waals surface area contributed by atoms with E-state index in [1.165, 1.54) is 27.0 Å². The van der Waals surface area contributed by atoms with Crippen molar-refractivity contribution in [2.24, 2.45) is 0 Å². The van der Waals surface area contributed by atoms with Crippen LogP contribution in [0, 0.1) is 0 Å². The van der Waals surface area contributed by atoms with Crippen LogP contribution in [0.3, 0.4) is 0 Å². The van der Waals surface area contributed by atoms with E-state index in [1.807, 2.05) is 0 Å². The number of ether oxygens (including phenoxy) is 2. The van der Waals surface area contributed by atoms with Gasteiger partial charge in [-0.2, -0.15) is 0 Å². The minimum absolute atomic E-state index is 0.336. The first kappa shape index (κ1) is 17.0. The van der Waals surface area contributed by atoms with Crippen molar-refractivity contribution >= 4 is 17.5 Å². The van der Waals surface area contributed by atoms with Gasteiger partial charge < -0.3 is 19.7 Å². The second-order valence-corrected chi connectivity index (χ2v) is 5.80. The molecule has 0 bridgehead atoms. The molecule has 1 N–H and O–H groups in total. The number of nitrogens with one attached hydrogen (secondary N) is 1. The summed E-state index contributed by atoms with van der Waals surface area (Å²) in [5.41, 5.74) is 0.339. The maximum absolute atomic E-state index is 12.7. The molecule has 2 aromatic rings. The summed E-state index contributed by atoms with van der Waals surface area (Å²) in [7, 11) is 3.04. The summed E-state index contributed by atoms with van der Waals surface area (Å²) in [6.45, 7) is 1.95. The number of nitrogens with zero attached hydrogens (tertiary/aromatic N) is 3. The van der Waals surface area contributed by atoms with Crippen LogP contribution in [0.15, 0.2) is 30.6 Å². The lowest BCUT2D eigenvalue weighted by Crippen LogP contribution is -2.30. The highest BCUT2D eigenvalue weighted by atomic mass is 16.5. The Morgan fingerprint density at radius 1 is 1.08 bits per heavy atom. The molecule has 0 saturated carbocycles. The zero-order valence-corrected chi connectivity index (χ0v) is 14.5. The van der Waals surface area contributed by atoms with Crippen molar-refractivity contribution in [3.05, 3.63) is 36.2 Å². The number of benzene rings is 1. The van der Waals surface area contributed by atoms with Crippen LogP contribution < -0.4 is 19.7 Å². The fraction of sp³-hybridized carbons (Fsp3) is 0.389. The molecule has 3 rings (SSSR count). The molecule has 7 nitrogen and oxygen atoms in total. The molecule has 0 aliphatic carbocycles. The fourth-order valence-corrected chi connectivity index (χ4v) is 2.97. The Labute approximate surface area is 147 Å². The molecule has 0 radical (unpaired) electrons. The Hall–Kier alpha value is -2.83. The van der Waals surface area contributed by atoms with E-state index < -0.39 is 0 Å². The number of aromatic nitrogens is 2. The molecule has 7 heteroatoms. The average Bonchev–Trinajstić information content (AvgIpc) is 2.68. The standard InChI is InChI=1S/C18H22N4O3/c1-24-13-7-6-8-14(25-2)17(13)18(23)21-15-11-16(20-12-19-15)22-9-4-3-5-10-22/h6-8,11-12H,3-5,9-10H2,1-2H3,(H,19,20,21,23). The van der Waals surface area contributed by atoms with E-state index in [1.54, 1.807) is 24.3 Å². The molecule has 132 valence electrons. The molecule has 25 heavy (non-hydrogen) atoms. The molecule has 1 aliphatic rings. The third-order valence-corrected chi connectivity index (χ3v) is 4.23. The smallest absolute Gasteiger partial charge is 0.264 e. The van der Waals surface area contributed by atoms with Crippen molar-refractivity contribution in [1.29, 1.82) is 0 Å². The number of carbonyl (C=O) groups excluding carboxylic acids is 1. The lowest BCUT2D eigenvalue weighted by atomic mass is 10.1. The monoisotopic (exact) mass is 342 g/mol. The molecule has 0 atom stereocenters. The van der Waals surface area contributed by atoms with Crippen LogP contribution >= 0.6 is 0 Å². The largest absolute Gasteiger partial charge is 0.496 e. The summed E-state index contributed by atoms with van der Waals surface area (Å²) in [6.07, 6.45) is 5.03. The third-order valence-electron chi connectivity index (χ3n) is 4.23. The molecular weight excluding hydrogens is 320 g/mol. The summed E-state index contributed by atoms with van der Waals surface area (Å²) in [5, 5.41) is 2.81. The van der Waals surface area contributed by atoms with Crippen LogP contribution in [0.5, 0.6) is 11.5 Å². The van der Waals surface area contributed by atoms with Crippen molar-refractivity contribution in [3.63, 3.8) is 0 Å². The lowest BCUT2D eigenvalue weighted by Gasteiger charge is -2.27. The second kappa shape index (κ2) is 7.83. The normalized spacial score (nSPS) is 14.1. The molecule has 1 aromatic heterocycles. The zero-order valence-electron chi connectivity index (χ0n) is 14.5. The molecule has 0 unspecified atom stereocenters. The molecule has 1 amide bonds. The first-order chi connectivity index (χ1) is 12.2. The number of amides is 1. The predicted molar refractivity (Wildman–Crippen MR) is 95.6 cm³/mol. The highest BCUT2D eigenvalue weighted by Gasteiger charge is 2.19. The van der Waals surface area contributed by atoms with Gasteiger partial charge in [-0.1, -0.05) is 6.07 Å². The van der Waals surface area contributed by atoms with Crippen LogP contribution in [0.25, 0.3) is 0 Å². The quantitative estimate of drug-likeness (QED) is 0.900. The molecule has 1 saturated heterocycles. The van der Waals surface area contributed by atoms with Gasteiger partial charge in [-0.15, -0.1) is 0 Å². The van der Waals surface area contributed by atoms with E-state index in [4.69, 9.17) is 9.47 Å². The van der Waals surface area contributed by atoms with E-state index in [0.29, 0.717) is 22.9 Å². The van der Waals surface area contributed by atoms with E-state index in [-0.39, 0.29) is 5.91 Å². The number of anilines is 2. The minimum Gasteiger partial charge on any atom is -0.496 e. The first-order valence-electron chi connectivity index (χ1n) is 8.32. The van der Waals surface area contributed by atoms with Gasteiger partial charge in [0.2, 0.25) is 0 Å². The number of carbonyl (C=O) groups is 1. The topological polar surface area (TPSA) is 76.6 Å². The molecule has 1 aliphatic heterocycles. The average molecular weight is 342 g/mol. The highest BCUT2D eigenvalue weighted by Crippen LogP contribution is 2.29. The SMILES string of the molecule is COc1cccc(OC)c1C(=O)Nc1cc(N2CCCCC2)ncn1. The van der Waals surface area contributed by atoms with Crippen LogP contribution in [-0.4, -0.2) is 43.2 Å². The van der Waals surface area contributed by atoms with Gasteiger partial charge >= 0.3 is 0 Å². The molecule has 0 spiro atoms. The maximum Gasteiger partial charge on any atom is 0.264 e. The van der Waals surface area contributed by atoms with Gasteiger partial charge in [-0.3, -0.25) is 4.79 Å². The fourth-order valence-electron chi connectivity index (χ4n) is 2.97. The Morgan fingerprint density at radius 2 is 1.76 bits per heavy atom. The molecule has 1 aromatic carbocycles. The number of methoxy groups -OCH3 is 2. The van der Waals surface area contributed by atoms with E-state index in [2.05, 4.69) is 20.2 Å². The second-order valence-electron chi connectivity index (χ2n) is 5.80. The van der Waals surface area contributed by atoms with Crippen LogP contribution in [0.1, 0.15) is 29.6 Å². The van der Waals surface area contributed by atoms with Crippen LogP contribution in [0.2, 0.25) is 0 Å². The van der Waals surface area contributed by atoms with E-state index in [9.17, 15) is 4.79 Å². The number of piperidine rings is 1. The van der Waals surface area contributed by atoms with Gasteiger partial charge in [0.1, 0.15) is 35.0 Å². The van der Waals surface area contributed by atoms with Crippen LogP contribution in [-0.2, 0) is 0 Å². The van der Waals surface area contributed by atoms with Crippen molar-refractivity contribution in [2.45, 2.75) is 19.3 Å². The summed E-state index contributed by atoms with van der Waals surface area (Å²) in [6, 6.07) is 7.01. The molecule has 2 heterocycles. The molecular formula is C18H22N4O3. The van der Waals surface area contributed by atoms with Crippen molar-refractivity contribution in [3.8, 4) is 11.5 Å². The predicted octanol–water partition coefficient (Wildman–Crippen LogP) is 2.74. The van der Waals surface area contributed by atoms with Crippen LogP contribution in [0.4, 0.5) is 11.6 Å². The summed E-state index contributed by atoms with van der Waals surface area (Å²) < 4.78 is 10.6. The van der Waals surface area contributed by atoms with Gasteiger partial charge in [0.25, 0.3) is 5.91 Å². The van der Waals surface area contributed by atoms with Crippen molar-refractivity contribution < 1.29 is 14.3 Å². The zero-order chi connectivity index (χ0) is 17.6. The van der Waals surface area contributed by atoms with Crippen molar-refractivity contribution in [1.82, 2.24) is 9.97 Å². The summed E-state index contributed by atoms with van der Waals surface area (Å²) in [4.78, 5) is 23.4. The first-order valence-corrected chi connectivity index (χ1v) is 8.32. The molecule has 1 fully saturated rings. The number of hydrogen-bond donors (Lipinski definition) is 1. The Bertz CT molecular complexity index is 723.